The summed E-state index contributed by atoms with van der Waals surface area (Å²) < 4.78 is 0. The van der Waals surface area contributed by atoms with Crippen molar-refractivity contribution in [3.05, 3.63) is 17.9 Å². The van der Waals surface area contributed by atoms with Crippen LogP contribution >= 0.6 is 0 Å². The van der Waals surface area contributed by atoms with E-state index in [0.717, 1.165) is 0 Å². The van der Waals surface area contributed by atoms with Crippen molar-refractivity contribution in [1.29, 1.82) is 0 Å². The van der Waals surface area contributed by atoms with Crippen molar-refractivity contribution in [1.82, 2.24) is 0 Å². The van der Waals surface area contributed by atoms with Gasteiger partial charge in [-0.25, -0.2) is 0 Å². The Hall–Kier alpha value is -0.560. The molecule has 0 spiro atoms. The van der Waals surface area contributed by atoms with Gasteiger partial charge in [-0.3, -0.25) is 0 Å². The Morgan fingerprint density at radius 1 is 0.909 bits per heavy atom. The second-order valence-electron chi connectivity index (χ2n) is 3.76. The van der Waals surface area contributed by atoms with Crippen LogP contribution in [0.25, 0.3) is 0 Å². The minimum atomic E-state index is -0.859. The third kappa shape index (κ3) is 9.44. The minimum absolute atomic E-state index is 0.859. The van der Waals surface area contributed by atoms with E-state index in [4.69, 9.17) is 0 Å². The predicted molar refractivity (Wildman–Crippen MR) is 45.2 cm³/mol. The molecule has 0 aromatic heterocycles. The lowest BCUT2D eigenvalue weighted by molar-refractivity contribution is 0.130. The molecule has 64 valence electrons. The fourth-order valence-electron chi connectivity index (χ4n) is 0.450. The average molecular weight is 156 g/mol. The first kappa shape index (κ1) is 10.4. The summed E-state index contributed by atoms with van der Waals surface area (Å²) in [7, 11) is 0. The number of hydrogen-bond acceptors (Lipinski definition) is 2. The zero-order valence-electron chi connectivity index (χ0n) is 7.55. The summed E-state index contributed by atoms with van der Waals surface area (Å²) in [6.45, 7) is 6.60. The van der Waals surface area contributed by atoms with E-state index in [1.165, 1.54) is 12.2 Å². The molecule has 0 atom stereocenters. The Bertz CT molecular complexity index is 155. The van der Waals surface area contributed by atoms with Crippen LogP contribution in [0.2, 0.25) is 0 Å². The van der Waals surface area contributed by atoms with Crippen molar-refractivity contribution in [2.75, 3.05) is 0 Å². The van der Waals surface area contributed by atoms with Crippen LogP contribution in [0, 0.1) is 0 Å². The first-order valence-electron chi connectivity index (χ1n) is 3.60. The van der Waals surface area contributed by atoms with Crippen LogP contribution in [0.4, 0.5) is 0 Å². The number of aliphatic hydroxyl groups is 2. The fraction of sp³-hybridized carbons (Fsp3) is 0.667. The topological polar surface area (TPSA) is 40.5 Å². The molecule has 0 fully saturated rings. The van der Waals surface area contributed by atoms with Gasteiger partial charge in [0.25, 0.3) is 0 Å². The van der Waals surface area contributed by atoms with Crippen molar-refractivity contribution < 1.29 is 10.2 Å². The first-order valence-corrected chi connectivity index (χ1v) is 3.60. The molecule has 0 heterocycles. The molecule has 0 bridgehead atoms. The largest absolute Gasteiger partial charge is 0.386 e. The molecule has 11 heavy (non-hydrogen) atoms. The lowest BCUT2D eigenvalue weighted by Gasteiger charge is -2.10. The summed E-state index contributed by atoms with van der Waals surface area (Å²) in [6.07, 6.45) is 3.01. The summed E-state index contributed by atoms with van der Waals surface area (Å²) in [5, 5.41) is 18.4. The maximum absolute atomic E-state index is 9.19. The smallest absolute Gasteiger partial charge is 0.0844 e. The molecular formula is C9H16O2. The predicted octanol–water partition coefficient (Wildman–Crippen LogP) is 1.24. The van der Waals surface area contributed by atoms with Gasteiger partial charge in [-0.15, -0.1) is 5.73 Å². The van der Waals surface area contributed by atoms with Gasteiger partial charge < -0.3 is 10.2 Å². The molecule has 2 N–H and O–H groups in total. The van der Waals surface area contributed by atoms with Gasteiger partial charge in [0.1, 0.15) is 0 Å². The van der Waals surface area contributed by atoms with Gasteiger partial charge in [0.15, 0.2) is 0 Å². The summed E-state index contributed by atoms with van der Waals surface area (Å²) >= 11 is 0. The van der Waals surface area contributed by atoms with Crippen molar-refractivity contribution in [3.63, 3.8) is 0 Å². The summed E-state index contributed by atoms with van der Waals surface area (Å²) in [5.74, 6) is 0. The minimum Gasteiger partial charge on any atom is -0.386 e. The molecule has 0 aliphatic carbocycles. The maximum atomic E-state index is 9.19. The second kappa shape index (κ2) is 3.22. The highest BCUT2D eigenvalue weighted by atomic mass is 16.3. The molecule has 2 nitrogen and oxygen atoms in total. The van der Waals surface area contributed by atoms with Gasteiger partial charge >= 0.3 is 0 Å². The van der Waals surface area contributed by atoms with Gasteiger partial charge in [0.2, 0.25) is 0 Å². The van der Waals surface area contributed by atoms with Gasteiger partial charge in [-0.1, -0.05) is 0 Å². The zero-order chi connectivity index (χ0) is 9.12. The average Bonchev–Trinajstić information content (AvgIpc) is 1.55. The summed E-state index contributed by atoms with van der Waals surface area (Å²) in [4.78, 5) is 0. The molecule has 0 amide bonds. The van der Waals surface area contributed by atoms with Crippen LogP contribution in [0.15, 0.2) is 17.9 Å². The highest BCUT2D eigenvalue weighted by Gasteiger charge is 2.07. The van der Waals surface area contributed by atoms with Crippen LogP contribution in [0.5, 0.6) is 0 Å². The molecule has 0 saturated carbocycles. The van der Waals surface area contributed by atoms with Crippen LogP contribution in [0.1, 0.15) is 27.7 Å². The maximum Gasteiger partial charge on any atom is 0.0844 e. The van der Waals surface area contributed by atoms with Crippen molar-refractivity contribution >= 4 is 0 Å². The Balaban J connectivity index is 4.25. The quantitative estimate of drug-likeness (QED) is 0.590. The number of hydrogen-bond donors (Lipinski definition) is 2. The van der Waals surface area contributed by atoms with E-state index in [2.05, 4.69) is 5.73 Å². The summed E-state index contributed by atoms with van der Waals surface area (Å²) in [6, 6.07) is 0. The molecule has 2 heteroatoms. The Kier molecular flexibility index (Phi) is 3.06. The summed E-state index contributed by atoms with van der Waals surface area (Å²) in [5.41, 5.74) is 0.997. The standard InChI is InChI=1S/C9H16O2/c1-8(2,10)6-5-7-9(3,4)11/h6-7,10-11H,1-4H3. The molecule has 0 unspecified atom stereocenters. The molecule has 0 aliphatic rings. The van der Waals surface area contributed by atoms with Crippen LogP contribution in [-0.4, -0.2) is 21.4 Å². The highest BCUT2D eigenvalue weighted by Crippen LogP contribution is 2.04. The van der Waals surface area contributed by atoms with E-state index >= 15 is 0 Å². The second-order valence-corrected chi connectivity index (χ2v) is 3.76. The van der Waals surface area contributed by atoms with Crippen LogP contribution in [-0.2, 0) is 0 Å². The Labute approximate surface area is 67.9 Å². The van der Waals surface area contributed by atoms with E-state index in [1.54, 1.807) is 27.7 Å². The molecule has 0 rings (SSSR count). The zero-order valence-corrected chi connectivity index (χ0v) is 7.55. The SMILES string of the molecule is CC(C)(O)C=C=CC(C)(C)O. The lowest BCUT2D eigenvalue weighted by atomic mass is 10.1. The van der Waals surface area contributed by atoms with Gasteiger partial charge in [0, 0.05) is 0 Å². The van der Waals surface area contributed by atoms with Crippen molar-refractivity contribution in [2.45, 2.75) is 38.9 Å². The van der Waals surface area contributed by atoms with Gasteiger partial charge in [-0.2, -0.15) is 0 Å². The molecular weight excluding hydrogens is 140 g/mol. The fourth-order valence-corrected chi connectivity index (χ4v) is 0.450. The van der Waals surface area contributed by atoms with Gasteiger partial charge in [0.05, 0.1) is 11.2 Å². The monoisotopic (exact) mass is 156 g/mol. The van der Waals surface area contributed by atoms with E-state index in [0.29, 0.717) is 0 Å². The van der Waals surface area contributed by atoms with Crippen molar-refractivity contribution in [2.24, 2.45) is 0 Å². The highest BCUT2D eigenvalue weighted by molar-refractivity contribution is 5.01. The molecule has 0 aromatic carbocycles. The lowest BCUT2D eigenvalue weighted by Crippen LogP contribution is -2.15. The third-order valence-corrected chi connectivity index (χ3v) is 0.873. The van der Waals surface area contributed by atoms with Crippen LogP contribution in [0.3, 0.4) is 0 Å². The number of rotatable bonds is 2. The first-order chi connectivity index (χ1) is 4.71. The Morgan fingerprint density at radius 3 is 1.36 bits per heavy atom. The molecule has 0 radical (unpaired) electrons. The third-order valence-electron chi connectivity index (χ3n) is 0.873. The van der Waals surface area contributed by atoms with Gasteiger partial charge in [-0.05, 0) is 39.8 Å². The van der Waals surface area contributed by atoms with E-state index < -0.39 is 11.2 Å². The van der Waals surface area contributed by atoms with Crippen molar-refractivity contribution in [3.8, 4) is 0 Å². The van der Waals surface area contributed by atoms with Crippen LogP contribution < -0.4 is 0 Å². The Morgan fingerprint density at radius 2 is 1.18 bits per heavy atom. The van der Waals surface area contributed by atoms with E-state index in [-0.39, 0.29) is 0 Å². The molecule has 0 saturated heterocycles. The van der Waals surface area contributed by atoms with E-state index in [1.807, 2.05) is 0 Å². The van der Waals surface area contributed by atoms with E-state index in [9.17, 15) is 10.2 Å². The molecule has 0 aromatic rings. The molecule has 0 aliphatic heterocycles. The normalized spacial score (nSPS) is 12.2.